The van der Waals surface area contributed by atoms with Crippen LogP contribution in [0.5, 0.6) is 5.75 Å². The van der Waals surface area contributed by atoms with Gasteiger partial charge in [-0.2, -0.15) is 5.10 Å². The Morgan fingerprint density at radius 2 is 2.07 bits per heavy atom. The van der Waals surface area contributed by atoms with E-state index in [9.17, 15) is 9.18 Å². The van der Waals surface area contributed by atoms with Crippen LogP contribution in [0.2, 0.25) is 0 Å². The number of amides is 2. The van der Waals surface area contributed by atoms with Gasteiger partial charge in [-0.25, -0.2) is 13.9 Å². The predicted molar refractivity (Wildman–Crippen MR) is 104 cm³/mol. The Bertz CT molecular complexity index is 984. The molecule has 0 saturated heterocycles. The average Bonchev–Trinajstić information content (AvgIpc) is 3.17. The summed E-state index contributed by atoms with van der Waals surface area (Å²) in [5.74, 6) is 0.468. The Morgan fingerprint density at radius 1 is 1.25 bits per heavy atom. The Labute approximate surface area is 162 Å². The molecule has 2 aromatic carbocycles. The van der Waals surface area contributed by atoms with Gasteiger partial charge in [-0.15, -0.1) is 0 Å². The van der Waals surface area contributed by atoms with Gasteiger partial charge in [-0.05, 0) is 54.8 Å². The van der Waals surface area contributed by atoms with Crippen LogP contribution in [0, 0.1) is 5.82 Å². The second-order valence-corrected chi connectivity index (χ2v) is 6.63. The highest BCUT2D eigenvalue weighted by atomic mass is 19.1. The van der Waals surface area contributed by atoms with Gasteiger partial charge >= 0.3 is 6.03 Å². The molecule has 7 heteroatoms. The van der Waals surface area contributed by atoms with Crippen molar-refractivity contribution in [1.82, 2.24) is 15.1 Å². The minimum absolute atomic E-state index is 0.164. The molecule has 0 saturated carbocycles. The molecule has 4 rings (SSSR count). The van der Waals surface area contributed by atoms with Gasteiger partial charge in [0.1, 0.15) is 11.6 Å². The lowest BCUT2D eigenvalue weighted by Crippen LogP contribution is -2.42. The minimum Gasteiger partial charge on any atom is -0.497 e. The average molecular weight is 380 g/mol. The molecule has 0 radical (unpaired) electrons. The van der Waals surface area contributed by atoms with E-state index < -0.39 is 0 Å². The second kappa shape index (κ2) is 7.72. The van der Waals surface area contributed by atoms with E-state index in [1.165, 1.54) is 12.1 Å². The lowest BCUT2D eigenvalue weighted by Gasteiger charge is -2.27. The topological polar surface area (TPSA) is 59.4 Å². The predicted octanol–water partition coefficient (Wildman–Crippen LogP) is 3.68. The molecule has 0 aliphatic carbocycles. The fourth-order valence-corrected chi connectivity index (χ4v) is 3.42. The molecular weight excluding hydrogens is 359 g/mol. The van der Waals surface area contributed by atoms with Gasteiger partial charge < -0.3 is 10.1 Å². The summed E-state index contributed by atoms with van der Waals surface area (Å²) in [5, 5.41) is 7.39. The highest BCUT2D eigenvalue weighted by Gasteiger charge is 2.26. The number of nitrogens with one attached hydrogen (secondary N) is 1. The maximum Gasteiger partial charge on any atom is 0.322 e. The van der Waals surface area contributed by atoms with Gasteiger partial charge in [-0.3, -0.25) is 4.90 Å². The van der Waals surface area contributed by atoms with Crippen LogP contribution in [0.15, 0.2) is 54.7 Å². The second-order valence-electron chi connectivity index (χ2n) is 6.63. The third-order valence-corrected chi connectivity index (χ3v) is 4.83. The van der Waals surface area contributed by atoms with Crippen LogP contribution >= 0.6 is 0 Å². The van der Waals surface area contributed by atoms with E-state index in [-0.39, 0.29) is 11.8 Å². The molecule has 0 atom stereocenters. The van der Waals surface area contributed by atoms with E-state index in [0.29, 0.717) is 13.1 Å². The van der Waals surface area contributed by atoms with Crippen LogP contribution in [-0.4, -0.2) is 29.5 Å². The van der Waals surface area contributed by atoms with E-state index in [1.54, 1.807) is 35.0 Å². The number of anilines is 1. The molecule has 2 heterocycles. The SMILES string of the molecule is COc1cccc(CNC(=O)N2CCCc3c2cnn3-c2ccc(F)cc2)c1. The molecule has 144 valence electrons. The fourth-order valence-electron chi connectivity index (χ4n) is 3.42. The Hall–Kier alpha value is -3.35. The van der Waals surface area contributed by atoms with Crippen LogP contribution in [0.3, 0.4) is 0 Å². The van der Waals surface area contributed by atoms with Gasteiger partial charge in [0.05, 0.1) is 30.4 Å². The van der Waals surface area contributed by atoms with Crippen molar-refractivity contribution in [1.29, 1.82) is 0 Å². The number of carbonyl (C=O) groups excluding carboxylic acids is 1. The van der Waals surface area contributed by atoms with Crippen LogP contribution in [0.4, 0.5) is 14.9 Å². The summed E-state index contributed by atoms with van der Waals surface area (Å²) in [4.78, 5) is 14.5. The Morgan fingerprint density at radius 3 is 2.86 bits per heavy atom. The number of methoxy groups -OCH3 is 1. The van der Waals surface area contributed by atoms with E-state index >= 15 is 0 Å². The molecule has 2 amide bonds. The summed E-state index contributed by atoms with van der Waals surface area (Å²) in [7, 11) is 1.62. The van der Waals surface area contributed by atoms with Gasteiger partial charge in [0.25, 0.3) is 0 Å². The van der Waals surface area contributed by atoms with Crippen molar-refractivity contribution in [2.45, 2.75) is 19.4 Å². The number of hydrogen-bond donors (Lipinski definition) is 1. The zero-order valence-corrected chi connectivity index (χ0v) is 15.6. The number of benzene rings is 2. The summed E-state index contributed by atoms with van der Waals surface area (Å²) in [6, 6.07) is 13.6. The molecule has 3 aromatic rings. The van der Waals surface area contributed by atoms with Crippen molar-refractivity contribution in [3.05, 3.63) is 71.8 Å². The smallest absolute Gasteiger partial charge is 0.322 e. The lowest BCUT2D eigenvalue weighted by molar-refractivity contribution is 0.245. The van der Waals surface area contributed by atoms with Crippen molar-refractivity contribution < 1.29 is 13.9 Å². The first-order valence-corrected chi connectivity index (χ1v) is 9.17. The minimum atomic E-state index is -0.289. The molecule has 0 fully saturated rings. The van der Waals surface area contributed by atoms with Gasteiger partial charge in [0.15, 0.2) is 0 Å². The summed E-state index contributed by atoms with van der Waals surface area (Å²) in [6.45, 7) is 1.04. The first-order valence-electron chi connectivity index (χ1n) is 9.17. The number of aromatic nitrogens is 2. The zero-order chi connectivity index (χ0) is 19.5. The monoisotopic (exact) mass is 380 g/mol. The van der Waals surface area contributed by atoms with E-state index in [4.69, 9.17) is 4.74 Å². The third-order valence-electron chi connectivity index (χ3n) is 4.83. The number of rotatable bonds is 4. The number of urea groups is 1. The molecule has 1 aromatic heterocycles. The first-order chi connectivity index (χ1) is 13.7. The summed E-state index contributed by atoms with van der Waals surface area (Å²) < 4.78 is 20.2. The van der Waals surface area contributed by atoms with Crippen molar-refractivity contribution in [3.63, 3.8) is 0 Å². The van der Waals surface area contributed by atoms with E-state index in [1.807, 2.05) is 24.3 Å². The number of halogens is 1. The lowest BCUT2D eigenvalue weighted by atomic mass is 10.1. The van der Waals surface area contributed by atoms with Crippen molar-refractivity contribution in [2.24, 2.45) is 0 Å². The Kier molecular flexibility index (Phi) is 4.97. The maximum atomic E-state index is 13.2. The largest absolute Gasteiger partial charge is 0.497 e. The summed E-state index contributed by atoms with van der Waals surface area (Å²) >= 11 is 0. The maximum absolute atomic E-state index is 13.2. The van der Waals surface area contributed by atoms with Crippen LogP contribution in [0.25, 0.3) is 5.69 Å². The normalized spacial score (nSPS) is 13.1. The van der Waals surface area contributed by atoms with Gasteiger partial charge in [0.2, 0.25) is 0 Å². The van der Waals surface area contributed by atoms with Crippen molar-refractivity contribution in [2.75, 3.05) is 18.6 Å². The summed E-state index contributed by atoms with van der Waals surface area (Å²) in [5.41, 5.74) is 3.49. The molecule has 28 heavy (non-hydrogen) atoms. The van der Waals surface area contributed by atoms with Crippen LogP contribution in [-0.2, 0) is 13.0 Å². The number of fused-ring (bicyclic) bond motifs is 1. The number of hydrogen-bond acceptors (Lipinski definition) is 3. The molecule has 1 N–H and O–H groups in total. The quantitative estimate of drug-likeness (QED) is 0.751. The highest BCUT2D eigenvalue weighted by Crippen LogP contribution is 2.29. The first kappa shape index (κ1) is 18.0. The fraction of sp³-hybridized carbons (Fsp3) is 0.238. The number of ether oxygens (including phenoxy) is 1. The van der Waals surface area contributed by atoms with E-state index in [2.05, 4.69) is 10.4 Å². The van der Waals surface area contributed by atoms with Crippen molar-refractivity contribution in [3.8, 4) is 11.4 Å². The van der Waals surface area contributed by atoms with E-state index in [0.717, 1.165) is 41.2 Å². The van der Waals surface area contributed by atoms with Gasteiger partial charge in [0, 0.05) is 13.1 Å². The molecule has 6 nitrogen and oxygen atoms in total. The zero-order valence-electron chi connectivity index (χ0n) is 15.6. The van der Waals surface area contributed by atoms with Crippen LogP contribution in [0.1, 0.15) is 17.7 Å². The molecule has 0 unspecified atom stereocenters. The van der Waals surface area contributed by atoms with Crippen LogP contribution < -0.4 is 15.0 Å². The number of nitrogens with zero attached hydrogens (tertiary/aromatic N) is 3. The Balaban J connectivity index is 1.51. The number of carbonyl (C=O) groups is 1. The standard InChI is InChI=1S/C21H21FN4O2/c1-28-18-5-2-4-15(12-18)13-23-21(27)25-11-3-6-19-20(25)14-24-26(19)17-9-7-16(22)8-10-17/h2,4-5,7-10,12,14H,3,6,11,13H2,1H3,(H,23,27). The molecule has 0 spiro atoms. The molecule has 1 aliphatic heterocycles. The third kappa shape index (κ3) is 3.55. The molecular formula is C21H21FN4O2. The van der Waals surface area contributed by atoms with Crippen molar-refractivity contribution >= 4 is 11.7 Å². The highest BCUT2D eigenvalue weighted by molar-refractivity contribution is 5.93. The molecule has 0 bridgehead atoms. The van der Waals surface area contributed by atoms with Gasteiger partial charge in [-0.1, -0.05) is 12.1 Å². The molecule has 1 aliphatic rings. The summed E-state index contributed by atoms with van der Waals surface area (Å²) in [6.07, 6.45) is 3.35.